The molecular formula is C17H22N2O2. The molecule has 0 atom stereocenters. The van der Waals surface area contributed by atoms with Crippen LogP contribution in [0.2, 0.25) is 0 Å². The van der Waals surface area contributed by atoms with Crippen molar-refractivity contribution in [1.29, 1.82) is 0 Å². The first-order valence-corrected chi connectivity index (χ1v) is 7.11. The molecule has 0 fully saturated rings. The van der Waals surface area contributed by atoms with Gasteiger partial charge in [0.25, 0.3) is 0 Å². The van der Waals surface area contributed by atoms with Crippen molar-refractivity contribution >= 4 is 0 Å². The van der Waals surface area contributed by atoms with Crippen LogP contribution in [-0.4, -0.2) is 18.1 Å². The Labute approximate surface area is 126 Å². The van der Waals surface area contributed by atoms with Crippen LogP contribution in [0.3, 0.4) is 0 Å². The molecule has 1 aromatic carbocycles. The molecule has 0 spiro atoms. The Kier molecular flexibility index (Phi) is 5.58. The summed E-state index contributed by atoms with van der Waals surface area (Å²) in [5.74, 6) is 1.61. The Hall–Kier alpha value is -2.07. The average Bonchev–Trinajstić information content (AvgIpc) is 2.52. The normalized spacial score (nSPS) is 10.7. The minimum Gasteiger partial charge on any atom is -0.497 e. The van der Waals surface area contributed by atoms with Gasteiger partial charge in [0.2, 0.25) is 0 Å². The highest BCUT2D eigenvalue weighted by Crippen LogP contribution is 2.16. The molecule has 0 unspecified atom stereocenters. The first kappa shape index (κ1) is 15.3. The van der Waals surface area contributed by atoms with Crippen molar-refractivity contribution in [2.75, 3.05) is 7.11 Å². The maximum atomic E-state index is 5.73. The Bertz CT molecular complexity index is 553. The second kappa shape index (κ2) is 7.64. The summed E-state index contributed by atoms with van der Waals surface area (Å²) in [5.41, 5.74) is 2.08. The molecule has 1 N–H and O–H groups in total. The Morgan fingerprint density at radius 2 is 2.00 bits per heavy atom. The maximum absolute atomic E-state index is 5.73. The SMILES string of the molecule is COc1cccc(COc2ccc(CNC(C)C)nc2)c1. The van der Waals surface area contributed by atoms with Crippen LogP contribution in [0.1, 0.15) is 25.1 Å². The van der Waals surface area contributed by atoms with Crippen LogP contribution in [0.4, 0.5) is 0 Å². The predicted molar refractivity (Wildman–Crippen MR) is 83.5 cm³/mol. The largest absolute Gasteiger partial charge is 0.497 e. The monoisotopic (exact) mass is 286 g/mol. The lowest BCUT2D eigenvalue weighted by atomic mass is 10.2. The van der Waals surface area contributed by atoms with Gasteiger partial charge in [0.15, 0.2) is 0 Å². The lowest BCUT2D eigenvalue weighted by molar-refractivity contribution is 0.303. The lowest BCUT2D eigenvalue weighted by Gasteiger charge is -2.09. The number of pyridine rings is 1. The summed E-state index contributed by atoms with van der Waals surface area (Å²) in [6.45, 7) is 5.51. The number of ether oxygens (including phenoxy) is 2. The van der Waals surface area contributed by atoms with Gasteiger partial charge >= 0.3 is 0 Å². The Morgan fingerprint density at radius 3 is 2.67 bits per heavy atom. The number of nitrogens with zero attached hydrogens (tertiary/aromatic N) is 1. The molecule has 0 saturated carbocycles. The van der Waals surface area contributed by atoms with E-state index in [2.05, 4.69) is 24.1 Å². The van der Waals surface area contributed by atoms with Crippen LogP contribution >= 0.6 is 0 Å². The summed E-state index contributed by atoms with van der Waals surface area (Å²) >= 11 is 0. The van der Waals surface area contributed by atoms with Gasteiger partial charge in [0, 0.05) is 12.6 Å². The quantitative estimate of drug-likeness (QED) is 0.849. The van der Waals surface area contributed by atoms with E-state index in [1.807, 2.05) is 36.4 Å². The van der Waals surface area contributed by atoms with Crippen molar-refractivity contribution in [2.45, 2.75) is 33.0 Å². The van der Waals surface area contributed by atoms with Crippen LogP contribution in [0.15, 0.2) is 42.6 Å². The standard InChI is InChI=1S/C17H22N2O2/c1-13(2)18-10-15-7-8-17(11-19-15)21-12-14-5-4-6-16(9-14)20-3/h4-9,11,13,18H,10,12H2,1-3H3. The zero-order chi connectivity index (χ0) is 15.1. The van der Waals surface area contributed by atoms with Crippen LogP contribution in [0.5, 0.6) is 11.5 Å². The van der Waals surface area contributed by atoms with E-state index >= 15 is 0 Å². The second-order valence-corrected chi connectivity index (χ2v) is 5.16. The highest BCUT2D eigenvalue weighted by atomic mass is 16.5. The minimum atomic E-state index is 0.454. The first-order valence-electron chi connectivity index (χ1n) is 7.11. The molecule has 2 rings (SSSR count). The Balaban J connectivity index is 1.88. The van der Waals surface area contributed by atoms with E-state index < -0.39 is 0 Å². The van der Waals surface area contributed by atoms with Crippen LogP contribution in [-0.2, 0) is 13.2 Å². The third-order valence-corrected chi connectivity index (χ3v) is 3.03. The molecule has 21 heavy (non-hydrogen) atoms. The summed E-state index contributed by atoms with van der Waals surface area (Å²) < 4.78 is 10.9. The highest BCUT2D eigenvalue weighted by molar-refractivity contribution is 5.28. The van der Waals surface area contributed by atoms with E-state index in [0.717, 1.165) is 29.3 Å². The molecule has 0 bridgehead atoms. The van der Waals surface area contributed by atoms with Gasteiger partial charge in [-0.2, -0.15) is 0 Å². The Morgan fingerprint density at radius 1 is 1.14 bits per heavy atom. The summed E-state index contributed by atoms with van der Waals surface area (Å²) in [6.07, 6.45) is 1.76. The number of rotatable bonds is 7. The average molecular weight is 286 g/mol. The van der Waals surface area contributed by atoms with E-state index in [-0.39, 0.29) is 0 Å². The number of methoxy groups -OCH3 is 1. The molecule has 0 saturated heterocycles. The second-order valence-electron chi connectivity index (χ2n) is 5.16. The van der Waals surface area contributed by atoms with Crippen molar-refractivity contribution in [1.82, 2.24) is 10.3 Å². The summed E-state index contributed by atoms with van der Waals surface area (Å²) in [5, 5.41) is 3.33. The van der Waals surface area contributed by atoms with Crippen LogP contribution in [0.25, 0.3) is 0 Å². The number of hydrogen-bond donors (Lipinski definition) is 1. The molecule has 0 aliphatic heterocycles. The summed E-state index contributed by atoms with van der Waals surface area (Å²) in [6, 6.07) is 12.2. The number of benzene rings is 1. The van der Waals surface area contributed by atoms with Gasteiger partial charge in [-0.15, -0.1) is 0 Å². The van der Waals surface area contributed by atoms with Crippen molar-refractivity contribution in [3.8, 4) is 11.5 Å². The smallest absolute Gasteiger partial charge is 0.138 e. The van der Waals surface area contributed by atoms with Crippen LogP contribution in [0, 0.1) is 0 Å². The fourth-order valence-electron chi connectivity index (χ4n) is 1.84. The molecule has 0 aliphatic carbocycles. The van der Waals surface area contributed by atoms with Gasteiger partial charge in [0.05, 0.1) is 19.0 Å². The summed E-state index contributed by atoms with van der Waals surface area (Å²) in [7, 11) is 1.66. The molecule has 0 amide bonds. The molecule has 4 heteroatoms. The van der Waals surface area contributed by atoms with Crippen molar-refractivity contribution < 1.29 is 9.47 Å². The topological polar surface area (TPSA) is 43.4 Å². The number of hydrogen-bond acceptors (Lipinski definition) is 4. The van der Waals surface area contributed by atoms with E-state index in [1.54, 1.807) is 13.3 Å². The molecular weight excluding hydrogens is 264 g/mol. The first-order chi connectivity index (χ1) is 10.2. The van der Waals surface area contributed by atoms with Crippen LogP contribution < -0.4 is 14.8 Å². The minimum absolute atomic E-state index is 0.454. The van der Waals surface area contributed by atoms with Gasteiger partial charge in [0.1, 0.15) is 18.1 Å². The van der Waals surface area contributed by atoms with E-state index in [1.165, 1.54) is 0 Å². The maximum Gasteiger partial charge on any atom is 0.138 e. The van der Waals surface area contributed by atoms with Gasteiger partial charge in [-0.05, 0) is 29.8 Å². The van der Waals surface area contributed by atoms with Crippen molar-refractivity contribution in [2.24, 2.45) is 0 Å². The summed E-state index contributed by atoms with van der Waals surface area (Å²) in [4.78, 5) is 4.38. The van der Waals surface area contributed by atoms with Crippen molar-refractivity contribution in [3.05, 3.63) is 53.9 Å². The third kappa shape index (κ3) is 5.08. The fourth-order valence-corrected chi connectivity index (χ4v) is 1.84. The third-order valence-electron chi connectivity index (χ3n) is 3.03. The number of nitrogens with one attached hydrogen (secondary N) is 1. The predicted octanol–water partition coefficient (Wildman–Crippen LogP) is 3.17. The van der Waals surface area contributed by atoms with Gasteiger partial charge in [-0.1, -0.05) is 26.0 Å². The van der Waals surface area contributed by atoms with Gasteiger partial charge < -0.3 is 14.8 Å². The fraction of sp³-hybridized carbons (Fsp3) is 0.353. The molecule has 1 aromatic heterocycles. The van der Waals surface area contributed by atoms with Gasteiger partial charge in [-0.3, -0.25) is 4.98 Å². The molecule has 1 heterocycles. The number of aromatic nitrogens is 1. The van der Waals surface area contributed by atoms with Crippen molar-refractivity contribution in [3.63, 3.8) is 0 Å². The van der Waals surface area contributed by atoms with E-state index in [0.29, 0.717) is 12.6 Å². The lowest BCUT2D eigenvalue weighted by Crippen LogP contribution is -2.22. The highest BCUT2D eigenvalue weighted by Gasteiger charge is 2.00. The molecule has 0 aliphatic rings. The van der Waals surface area contributed by atoms with E-state index in [4.69, 9.17) is 9.47 Å². The van der Waals surface area contributed by atoms with E-state index in [9.17, 15) is 0 Å². The molecule has 2 aromatic rings. The molecule has 112 valence electrons. The van der Waals surface area contributed by atoms with Gasteiger partial charge in [-0.25, -0.2) is 0 Å². The molecule has 4 nitrogen and oxygen atoms in total. The zero-order valence-corrected chi connectivity index (χ0v) is 12.8. The molecule has 0 radical (unpaired) electrons. The zero-order valence-electron chi connectivity index (χ0n) is 12.8.